The Hall–Kier alpha value is -1.57. The molecule has 1 aromatic heterocycles. The second-order valence-corrected chi connectivity index (χ2v) is 5.21. The second-order valence-electron chi connectivity index (χ2n) is 5.21. The first-order chi connectivity index (χ1) is 8.93. The minimum absolute atomic E-state index is 0.603. The fraction of sp³-hybridized carbons (Fsp3) is 0.438. The summed E-state index contributed by atoms with van der Waals surface area (Å²) in [4.78, 5) is 4.52. The molecule has 2 heteroatoms. The van der Waals surface area contributed by atoms with Crippen molar-refractivity contribution in [2.45, 2.75) is 44.6 Å². The number of pyridine rings is 1. The third kappa shape index (κ3) is 2.47. The lowest BCUT2D eigenvalue weighted by molar-refractivity contribution is 0.618. The zero-order valence-corrected chi connectivity index (χ0v) is 10.7. The number of hydrogen-bond acceptors (Lipinski definition) is 2. The zero-order chi connectivity index (χ0) is 12.2. The maximum atomic E-state index is 4.52. The molecule has 1 aliphatic rings. The van der Waals surface area contributed by atoms with Crippen LogP contribution in [0, 0.1) is 0 Å². The van der Waals surface area contributed by atoms with Gasteiger partial charge in [-0.2, -0.15) is 0 Å². The number of nitrogens with zero attached hydrogens (tertiary/aromatic N) is 1. The van der Waals surface area contributed by atoms with Crippen LogP contribution >= 0.6 is 0 Å². The van der Waals surface area contributed by atoms with Crippen molar-refractivity contribution in [1.82, 2.24) is 4.98 Å². The molecule has 94 valence electrons. The number of benzene rings is 1. The van der Waals surface area contributed by atoms with Crippen LogP contribution in [0.4, 0.5) is 5.82 Å². The van der Waals surface area contributed by atoms with Gasteiger partial charge in [0.2, 0.25) is 0 Å². The van der Waals surface area contributed by atoms with Crippen LogP contribution in [0.1, 0.15) is 38.5 Å². The maximum absolute atomic E-state index is 4.52. The van der Waals surface area contributed by atoms with Crippen LogP contribution in [-0.2, 0) is 0 Å². The molecule has 0 aliphatic heterocycles. The van der Waals surface area contributed by atoms with Crippen molar-refractivity contribution in [3.63, 3.8) is 0 Å². The van der Waals surface area contributed by atoms with Crippen LogP contribution in [0.25, 0.3) is 10.8 Å². The van der Waals surface area contributed by atoms with E-state index in [1.54, 1.807) is 0 Å². The minimum atomic E-state index is 0.603. The molecule has 1 saturated carbocycles. The molecule has 1 aromatic carbocycles. The highest BCUT2D eigenvalue weighted by Gasteiger charge is 2.13. The van der Waals surface area contributed by atoms with E-state index in [0.29, 0.717) is 6.04 Å². The molecule has 1 fully saturated rings. The van der Waals surface area contributed by atoms with E-state index in [2.05, 4.69) is 40.6 Å². The van der Waals surface area contributed by atoms with E-state index in [-0.39, 0.29) is 0 Å². The van der Waals surface area contributed by atoms with Gasteiger partial charge in [0.1, 0.15) is 5.82 Å². The van der Waals surface area contributed by atoms with Gasteiger partial charge in [-0.25, -0.2) is 4.98 Å². The van der Waals surface area contributed by atoms with E-state index in [4.69, 9.17) is 0 Å². The van der Waals surface area contributed by atoms with Gasteiger partial charge in [-0.3, -0.25) is 0 Å². The summed E-state index contributed by atoms with van der Waals surface area (Å²) in [7, 11) is 0. The summed E-state index contributed by atoms with van der Waals surface area (Å²) in [6.45, 7) is 0. The number of hydrogen-bond donors (Lipinski definition) is 1. The van der Waals surface area contributed by atoms with Crippen LogP contribution in [0.2, 0.25) is 0 Å². The molecule has 1 aliphatic carbocycles. The molecule has 2 aromatic rings. The van der Waals surface area contributed by atoms with Crippen LogP contribution in [0.3, 0.4) is 0 Å². The van der Waals surface area contributed by atoms with Gasteiger partial charge in [-0.15, -0.1) is 0 Å². The summed E-state index contributed by atoms with van der Waals surface area (Å²) >= 11 is 0. The lowest BCUT2D eigenvalue weighted by atomic mass is 10.1. The fourth-order valence-electron chi connectivity index (χ4n) is 2.85. The fourth-order valence-corrected chi connectivity index (χ4v) is 2.85. The highest BCUT2D eigenvalue weighted by Crippen LogP contribution is 2.25. The Balaban J connectivity index is 1.85. The second kappa shape index (κ2) is 5.38. The van der Waals surface area contributed by atoms with Gasteiger partial charge in [0.15, 0.2) is 0 Å². The molecule has 2 nitrogen and oxygen atoms in total. The van der Waals surface area contributed by atoms with Gasteiger partial charge in [0.05, 0.1) is 0 Å². The number of fused-ring (bicyclic) bond motifs is 1. The molecule has 0 spiro atoms. The predicted octanol–water partition coefficient (Wildman–Crippen LogP) is 4.37. The van der Waals surface area contributed by atoms with E-state index in [1.807, 2.05) is 6.20 Å². The molecule has 0 amide bonds. The van der Waals surface area contributed by atoms with E-state index < -0.39 is 0 Å². The van der Waals surface area contributed by atoms with Gasteiger partial charge in [0.25, 0.3) is 0 Å². The average Bonchev–Trinajstić information content (AvgIpc) is 2.68. The molecule has 0 atom stereocenters. The molecule has 0 radical (unpaired) electrons. The van der Waals surface area contributed by atoms with Gasteiger partial charge >= 0.3 is 0 Å². The van der Waals surface area contributed by atoms with Crippen molar-refractivity contribution in [3.05, 3.63) is 36.5 Å². The zero-order valence-electron chi connectivity index (χ0n) is 10.7. The Morgan fingerprint density at radius 2 is 1.72 bits per heavy atom. The van der Waals surface area contributed by atoms with Crippen molar-refractivity contribution in [1.29, 1.82) is 0 Å². The number of rotatable bonds is 2. The third-order valence-corrected chi connectivity index (χ3v) is 3.87. The predicted molar refractivity (Wildman–Crippen MR) is 76.9 cm³/mol. The summed E-state index contributed by atoms with van der Waals surface area (Å²) in [5.41, 5.74) is 0. The Kier molecular flexibility index (Phi) is 3.44. The standard InChI is InChI=1S/C16H20N2/c1-2-4-9-14(8-3-1)18-16-15-10-6-5-7-13(15)11-12-17-16/h5-7,10-12,14H,1-4,8-9H2,(H,17,18). The summed E-state index contributed by atoms with van der Waals surface area (Å²) in [6, 6.07) is 11.1. The topological polar surface area (TPSA) is 24.9 Å². The van der Waals surface area contributed by atoms with Gasteiger partial charge < -0.3 is 5.32 Å². The minimum Gasteiger partial charge on any atom is -0.367 e. The first-order valence-electron chi connectivity index (χ1n) is 7.04. The summed E-state index contributed by atoms with van der Waals surface area (Å²) < 4.78 is 0. The number of anilines is 1. The maximum Gasteiger partial charge on any atom is 0.134 e. The Labute approximate surface area is 108 Å². The first kappa shape index (κ1) is 11.5. The van der Waals surface area contributed by atoms with E-state index in [1.165, 1.54) is 49.3 Å². The molecule has 0 saturated heterocycles. The Morgan fingerprint density at radius 3 is 2.56 bits per heavy atom. The molecule has 0 unspecified atom stereocenters. The lowest BCUT2D eigenvalue weighted by Gasteiger charge is -2.18. The summed E-state index contributed by atoms with van der Waals surface area (Å²) in [6.07, 6.45) is 9.95. The molecule has 3 rings (SSSR count). The monoisotopic (exact) mass is 240 g/mol. The van der Waals surface area contributed by atoms with Crippen molar-refractivity contribution in [3.8, 4) is 0 Å². The molecule has 1 N–H and O–H groups in total. The van der Waals surface area contributed by atoms with Crippen LogP contribution in [0.15, 0.2) is 36.5 Å². The van der Waals surface area contributed by atoms with Crippen molar-refractivity contribution < 1.29 is 0 Å². The van der Waals surface area contributed by atoms with E-state index in [0.717, 1.165) is 5.82 Å². The average molecular weight is 240 g/mol. The van der Waals surface area contributed by atoms with Crippen LogP contribution in [-0.4, -0.2) is 11.0 Å². The molecular weight excluding hydrogens is 220 g/mol. The van der Waals surface area contributed by atoms with Crippen LogP contribution < -0.4 is 5.32 Å². The smallest absolute Gasteiger partial charge is 0.134 e. The van der Waals surface area contributed by atoms with Crippen LogP contribution in [0.5, 0.6) is 0 Å². The Bertz CT molecular complexity index is 508. The third-order valence-electron chi connectivity index (χ3n) is 3.87. The number of aromatic nitrogens is 1. The van der Waals surface area contributed by atoms with Crippen molar-refractivity contribution >= 4 is 16.6 Å². The SMILES string of the molecule is c1ccc2c(NC3CCCCCC3)nccc2c1. The molecule has 18 heavy (non-hydrogen) atoms. The quantitative estimate of drug-likeness (QED) is 0.788. The van der Waals surface area contributed by atoms with Gasteiger partial charge in [0, 0.05) is 17.6 Å². The van der Waals surface area contributed by atoms with Crippen molar-refractivity contribution in [2.24, 2.45) is 0 Å². The highest BCUT2D eigenvalue weighted by atomic mass is 15.0. The van der Waals surface area contributed by atoms with E-state index >= 15 is 0 Å². The molecular formula is C16H20N2. The molecule has 1 heterocycles. The first-order valence-corrected chi connectivity index (χ1v) is 7.04. The molecule has 0 bridgehead atoms. The van der Waals surface area contributed by atoms with Crippen molar-refractivity contribution in [2.75, 3.05) is 5.32 Å². The van der Waals surface area contributed by atoms with E-state index in [9.17, 15) is 0 Å². The summed E-state index contributed by atoms with van der Waals surface area (Å²) in [5.74, 6) is 1.06. The lowest BCUT2D eigenvalue weighted by Crippen LogP contribution is -2.19. The normalized spacial score (nSPS) is 17.6. The highest BCUT2D eigenvalue weighted by molar-refractivity contribution is 5.91. The van der Waals surface area contributed by atoms with Gasteiger partial charge in [-0.05, 0) is 24.3 Å². The largest absolute Gasteiger partial charge is 0.367 e. The summed E-state index contributed by atoms with van der Waals surface area (Å²) in [5, 5.41) is 6.16. The van der Waals surface area contributed by atoms with Gasteiger partial charge in [-0.1, -0.05) is 49.9 Å². The Morgan fingerprint density at radius 1 is 0.944 bits per heavy atom. The number of nitrogens with one attached hydrogen (secondary N) is 1.